The summed E-state index contributed by atoms with van der Waals surface area (Å²) in [6.07, 6.45) is 0. The third-order valence-corrected chi connectivity index (χ3v) is 2.57. The second-order valence-corrected chi connectivity index (χ2v) is 3.53. The lowest BCUT2D eigenvalue weighted by Gasteiger charge is -2.08. The Balaban J connectivity index is 2.91. The SMILES string of the molecule is COc1cc2cccc(=O)c(O)c2cc1OC. The average molecular weight is 232 g/mol. The number of ether oxygens (including phenoxy) is 2. The van der Waals surface area contributed by atoms with Gasteiger partial charge in [0, 0.05) is 5.39 Å². The summed E-state index contributed by atoms with van der Waals surface area (Å²) >= 11 is 0. The lowest BCUT2D eigenvalue weighted by molar-refractivity contribution is 0.355. The summed E-state index contributed by atoms with van der Waals surface area (Å²) in [5.74, 6) is 0.741. The first-order valence-corrected chi connectivity index (χ1v) is 5.05. The van der Waals surface area contributed by atoms with E-state index in [0.29, 0.717) is 22.3 Å². The van der Waals surface area contributed by atoms with Gasteiger partial charge in [0.2, 0.25) is 5.43 Å². The molecular formula is C13H12O4. The molecule has 0 fully saturated rings. The van der Waals surface area contributed by atoms with Crippen LogP contribution in [0.3, 0.4) is 0 Å². The Bertz CT molecular complexity index is 620. The van der Waals surface area contributed by atoms with E-state index < -0.39 is 5.43 Å². The van der Waals surface area contributed by atoms with Crippen LogP contribution < -0.4 is 14.9 Å². The Morgan fingerprint density at radius 3 is 2.35 bits per heavy atom. The summed E-state index contributed by atoms with van der Waals surface area (Å²) in [5, 5.41) is 10.9. The molecule has 17 heavy (non-hydrogen) atoms. The maximum atomic E-state index is 11.5. The van der Waals surface area contributed by atoms with Crippen molar-refractivity contribution in [3.05, 3.63) is 40.6 Å². The number of benzene rings is 1. The number of methoxy groups -OCH3 is 2. The highest BCUT2D eigenvalue weighted by Crippen LogP contribution is 2.33. The molecule has 4 heteroatoms. The van der Waals surface area contributed by atoms with Crippen molar-refractivity contribution in [3.63, 3.8) is 0 Å². The van der Waals surface area contributed by atoms with Crippen molar-refractivity contribution in [2.45, 2.75) is 0 Å². The second kappa shape index (κ2) is 4.33. The molecule has 0 radical (unpaired) electrons. The number of hydrogen-bond donors (Lipinski definition) is 1. The number of rotatable bonds is 2. The van der Waals surface area contributed by atoms with Gasteiger partial charge in [0.25, 0.3) is 0 Å². The van der Waals surface area contributed by atoms with Gasteiger partial charge < -0.3 is 14.6 Å². The normalized spacial score (nSPS) is 10.2. The largest absolute Gasteiger partial charge is 0.504 e. The fourth-order valence-electron chi connectivity index (χ4n) is 1.69. The predicted molar refractivity (Wildman–Crippen MR) is 65.0 cm³/mol. The van der Waals surface area contributed by atoms with Gasteiger partial charge in [-0.1, -0.05) is 12.1 Å². The summed E-state index contributed by atoms with van der Waals surface area (Å²) in [4.78, 5) is 11.5. The van der Waals surface area contributed by atoms with Gasteiger partial charge in [-0.15, -0.1) is 0 Å². The van der Waals surface area contributed by atoms with Gasteiger partial charge in [-0.2, -0.15) is 0 Å². The van der Waals surface area contributed by atoms with Crippen LogP contribution in [0.25, 0.3) is 10.8 Å². The number of fused-ring (bicyclic) bond motifs is 1. The van der Waals surface area contributed by atoms with E-state index >= 15 is 0 Å². The molecule has 88 valence electrons. The zero-order valence-corrected chi connectivity index (χ0v) is 9.56. The van der Waals surface area contributed by atoms with Crippen molar-refractivity contribution in [2.75, 3.05) is 14.2 Å². The maximum Gasteiger partial charge on any atom is 0.220 e. The third-order valence-electron chi connectivity index (χ3n) is 2.57. The van der Waals surface area contributed by atoms with Gasteiger partial charge in [-0.25, -0.2) is 0 Å². The van der Waals surface area contributed by atoms with Crippen LogP contribution >= 0.6 is 0 Å². The van der Waals surface area contributed by atoms with Crippen LogP contribution in [0.5, 0.6) is 17.2 Å². The minimum Gasteiger partial charge on any atom is -0.504 e. The van der Waals surface area contributed by atoms with E-state index in [0.717, 1.165) is 0 Å². The minimum absolute atomic E-state index is 0.286. The Hall–Kier alpha value is -2.23. The second-order valence-electron chi connectivity index (χ2n) is 3.53. The average Bonchev–Trinajstić information content (AvgIpc) is 2.48. The van der Waals surface area contributed by atoms with E-state index in [4.69, 9.17) is 9.47 Å². The van der Waals surface area contributed by atoms with Crippen LogP contribution in [0.15, 0.2) is 35.1 Å². The molecule has 0 unspecified atom stereocenters. The topological polar surface area (TPSA) is 55.8 Å². The van der Waals surface area contributed by atoms with Crippen LogP contribution in [0.4, 0.5) is 0 Å². The monoisotopic (exact) mass is 232 g/mol. The zero-order chi connectivity index (χ0) is 12.4. The molecule has 0 atom stereocenters. The standard InChI is InChI=1S/C13H12O4/c1-16-11-6-8-4-3-5-10(14)13(15)9(8)7-12(11)17-2/h3-7H,1-2H3,(H,14,15). The first-order valence-electron chi connectivity index (χ1n) is 5.05. The maximum absolute atomic E-state index is 11.5. The van der Waals surface area contributed by atoms with Crippen LogP contribution in [-0.2, 0) is 0 Å². The van der Waals surface area contributed by atoms with Gasteiger partial charge in [0.05, 0.1) is 14.2 Å². The molecule has 0 aliphatic heterocycles. The van der Waals surface area contributed by atoms with E-state index in [2.05, 4.69) is 0 Å². The Labute approximate surface area is 98.0 Å². The molecule has 0 aromatic heterocycles. The van der Waals surface area contributed by atoms with E-state index in [-0.39, 0.29) is 5.75 Å². The Morgan fingerprint density at radius 1 is 1.06 bits per heavy atom. The summed E-state index contributed by atoms with van der Waals surface area (Å²) < 4.78 is 10.3. The molecule has 0 amide bonds. The van der Waals surface area contributed by atoms with Crippen molar-refractivity contribution in [2.24, 2.45) is 0 Å². The van der Waals surface area contributed by atoms with Crippen LogP contribution in [0.2, 0.25) is 0 Å². The summed E-state index contributed by atoms with van der Waals surface area (Å²) in [6, 6.07) is 7.95. The number of hydrogen-bond acceptors (Lipinski definition) is 4. The predicted octanol–water partition coefficient (Wildman–Crippen LogP) is 1.92. The van der Waals surface area contributed by atoms with Crippen molar-refractivity contribution >= 4 is 10.8 Å². The lowest BCUT2D eigenvalue weighted by Crippen LogP contribution is -1.94. The first-order chi connectivity index (χ1) is 8.17. The van der Waals surface area contributed by atoms with Gasteiger partial charge in [0.1, 0.15) is 0 Å². The third kappa shape index (κ3) is 1.89. The van der Waals surface area contributed by atoms with Gasteiger partial charge in [0.15, 0.2) is 17.2 Å². The highest BCUT2D eigenvalue weighted by molar-refractivity contribution is 5.90. The molecule has 0 saturated heterocycles. The highest BCUT2D eigenvalue weighted by Gasteiger charge is 2.09. The molecule has 0 saturated carbocycles. The highest BCUT2D eigenvalue weighted by atomic mass is 16.5. The summed E-state index contributed by atoms with van der Waals surface area (Å²) in [6.45, 7) is 0. The van der Waals surface area contributed by atoms with Gasteiger partial charge in [-0.3, -0.25) is 4.79 Å². The molecule has 0 heterocycles. The van der Waals surface area contributed by atoms with E-state index in [1.807, 2.05) is 0 Å². The van der Waals surface area contributed by atoms with Crippen LogP contribution in [0, 0.1) is 0 Å². The molecule has 2 aromatic rings. The van der Waals surface area contributed by atoms with E-state index in [9.17, 15) is 9.90 Å². The molecule has 0 spiro atoms. The van der Waals surface area contributed by atoms with Gasteiger partial charge >= 0.3 is 0 Å². The summed E-state index contributed by atoms with van der Waals surface area (Å²) in [7, 11) is 3.04. The molecule has 2 rings (SSSR count). The minimum atomic E-state index is -0.424. The molecule has 0 aliphatic carbocycles. The van der Waals surface area contributed by atoms with Crippen LogP contribution in [-0.4, -0.2) is 19.3 Å². The molecule has 0 bridgehead atoms. The van der Waals surface area contributed by atoms with Crippen molar-refractivity contribution in [3.8, 4) is 17.2 Å². The molecule has 1 N–H and O–H groups in total. The van der Waals surface area contributed by atoms with Crippen molar-refractivity contribution < 1.29 is 14.6 Å². The number of aromatic hydroxyl groups is 1. The zero-order valence-electron chi connectivity index (χ0n) is 9.56. The molecular weight excluding hydrogens is 220 g/mol. The first kappa shape index (κ1) is 11.3. The Morgan fingerprint density at radius 2 is 1.71 bits per heavy atom. The summed E-state index contributed by atoms with van der Waals surface area (Å²) in [5.41, 5.74) is -0.424. The lowest BCUT2D eigenvalue weighted by atomic mass is 10.1. The van der Waals surface area contributed by atoms with Crippen molar-refractivity contribution in [1.29, 1.82) is 0 Å². The van der Waals surface area contributed by atoms with Crippen molar-refractivity contribution in [1.82, 2.24) is 0 Å². The van der Waals surface area contributed by atoms with Crippen LogP contribution in [0.1, 0.15) is 0 Å². The molecule has 0 aliphatic rings. The Kier molecular flexibility index (Phi) is 2.87. The quantitative estimate of drug-likeness (QED) is 0.859. The fourth-order valence-corrected chi connectivity index (χ4v) is 1.69. The van der Waals surface area contributed by atoms with E-state index in [1.54, 1.807) is 24.3 Å². The molecule has 2 aromatic carbocycles. The fraction of sp³-hybridized carbons (Fsp3) is 0.154. The van der Waals surface area contributed by atoms with E-state index in [1.165, 1.54) is 20.3 Å². The smallest absolute Gasteiger partial charge is 0.220 e. The van der Waals surface area contributed by atoms with Gasteiger partial charge in [-0.05, 0) is 23.6 Å². The molecule has 4 nitrogen and oxygen atoms in total.